The molecule has 2 heterocycles. The SMILES string of the molecule is COc1ccc(C=c2sc3n(c2=O)C(c2ccc(SC)cc2)C(C(=O)OCc2ccccc2)=C(C)N=3)c(OC)c1. The predicted molar refractivity (Wildman–Crippen MR) is 158 cm³/mol. The van der Waals surface area contributed by atoms with Crippen LogP contribution >= 0.6 is 23.1 Å². The third-order valence-electron chi connectivity index (χ3n) is 6.61. The van der Waals surface area contributed by atoms with Gasteiger partial charge in [0.05, 0.1) is 36.1 Å². The van der Waals surface area contributed by atoms with Crippen LogP contribution in [0.1, 0.15) is 29.7 Å². The molecule has 40 heavy (non-hydrogen) atoms. The Morgan fingerprint density at radius 2 is 1.80 bits per heavy atom. The summed E-state index contributed by atoms with van der Waals surface area (Å²) in [6, 6.07) is 22.1. The summed E-state index contributed by atoms with van der Waals surface area (Å²) in [6.07, 6.45) is 3.78. The summed E-state index contributed by atoms with van der Waals surface area (Å²) in [5, 5.41) is 0. The molecule has 0 bridgehead atoms. The fourth-order valence-corrected chi connectivity index (χ4v) is 6.01. The third kappa shape index (κ3) is 5.48. The maximum Gasteiger partial charge on any atom is 0.338 e. The summed E-state index contributed by atoms with van der Waals surface area (Å²) < 4.78 is 18.6. The van der Waals surface area contributed by atoms with Crippen molar-refractivity contribution < 1.29 is 19.0 Å². The highest BCUT2D eigenvalue weighted by molar-refractivity contribution is 7.98. The number of carbonyl (C=O) groups excluding carboxylic acids is 1. The van der Waals surface area contributed by atoms with Crippen LogP contribution in [0.15, 0.2) is 98.7 Å². The van der Waals surface area contributed by atoms with E-state index < -0.39 is 12.0 Å². The van der Waals surface area contributed by atoms with Gasteiger partial charge >= 0.3 is 5.97 Å². The highest BCUT2D eigenvalue weighted by Gasteiger charge is 2.33. The summed E-state index contributed by atoms with van der Waals surface area (Å²) in [7, 11) is 3.16. The Kier molecular flexibility index (Phi) is 8.23. The Bertz CT molecular complexity index is 1760. The van der Waals surface area contributed by atoms with Crippen LogP contribution in [0.5, 0.6) is 11.5 Å². The number of thioether (sulfide) groups is 1. The van der Waals surface area contributed by atoms with Gasteiger partial charge < -0.3 is 14.2 Å². The quantitative estimate of drug-likeness (QED) is 0.225. The zero-order valence-electron chi connectivity index (χ0n) is 22.5. The lowest BCUT2D eigenvalue weighted by molar-refractivity contribution is -0.140. The molecule has 0 saturated carbocycles. The van der Waals surface area contributed by atoms with Crippen LogP contribution < -0.4 is 24.4 Å². The lowest BCUT2D eigenvalue weighted by atomic mass is 9.96. The Morgan fingerprint density at radius 1 is 1.05 bits per heavy atom. The summed E-state index contributed by atoms with van der Waals surface area (Å²) in [4.78, 5) is 33.8. The molecular weight excluding hydrogens is 544 g/mol. The number of fused-ring (bicyclic) bond motifs is 1. The molecule has 0 spiro atoms. The predicted octanol–water partition coefficient (Wildman–Crippen LogP) is 4.72. The number of hydrogen-bond acceptors (Lipinski definition) is 8. The van der Waals surface area contributed by atoms with Crippen LogP contribution in [0, 0.1) is 0 Å². The van der Waals surface area contributed by atoms with Gasteiger partial charge in [0.15, 0.2) is 4.80 Å². The van der Waals surface area contributed by atoms with Gasteiger partial charge in [-0.15, -0.1) is 11.8 Å². The second kappa shape index (κ2) is 12.0. The van der Waals surface area contributed by atoms with E-state index in [1.807, 2.05) is 73.0 Å². The molecule has 0 radical (unpaired) electrons. The molecule has 1 unspecified atom stereocenters. The molecule has 5 rings (SSSR count). The maximum absolute atomic E-state index is 13.9. The van der Waals surface area contributed by atoms with E-state index in [1.54, 1.807) is 49.6 Å². The molecule has 4 aromatic rings. The molecule has 0 fully saturated rings. The number of methoxy groups -OCH3 is 2. The number of nitrogens with zero attached hydrogens (tertiary/aromatic N) is 2. The molecule has 204 valence electrons. The number of carbonyl (C=O) groups is 1. The zero-order valence-corrected chi connectivity index (χ0v) is 24.2. The van der Waals surface area contributed by atoms with Gasteiger partial charge in [-0.2, -0.15) is 0 Å². The van der Waals surface area contributed by atoms with Crippen molar-refractivity contribution in [3.05, 3.63) is 120 Å². The summed E-state index contributed by atoms with van der Waals surface area (Å²) in [5.41, 5.74) is 3.02. The largest absolute Gasteiger partial charge is 0.497 e. The molecule has 1 aliphatic heterocycles. The lowest BCUT2D eigenvalue weighted by Crippen LogP contribution is -2.39. The molecule has 1 aliphatic rings. The van der Waals surface area contributed by atoms with Crippen molar-refractivity contribution in [3.63, 3.8) is 0 Å². The summed E-state index contributed by atoms with van der Waals surface area (Å²) >= 11 is 2.89. The number of allylic oxidation sites excluding steroid dienone is 1. The number of rotatable bonds is 8. The molecule has 7 nitrogen and oxygen atoms in total. The second-order valence-electron chi connectivity index (χ2n) is 9.02. The van der Waals surface area contributed by atoms with Gasteiger partial charge in [-0.25, -0.2) is 9.79 Å². The van der Waals surface area contributed by atoms with Crippen LogP contribution in [0.25, 0.3) is 6.08 Å². The van der Waals surface area contributed by atoms with Crippen molar-refractivity contribution in [2.75, 3.05) is 20.5 Å². The maximum atomic E-state index is 13.9. The van der Waals surface area contributed by atoms with Crippen molar-refractivity contribution in [3.8, 4) is 11.5 Å². The number of aromatic nitrogens is 1. The molecule has 0 saturated heterocycles. The van der Waals surface area contributed by atoms with E-state index in [1.165, 1.54) is 11.3 Å². The van der Waals surface area contributed by atoms with Crippen molar-refractivity contribution in [1.29, 1.82) is 0 Å². The average molecular weight is 573 g/mol. The fourth-order valence-electron chi connectivity index (χ4n) is 4.56. The van der Waals surface area contributed by atoms with E-state index in [9.17, 15) is 9.59 Å². The zero-order chi connectivity index (χ0) is 28.2. The number of hydrogen-bond donors (Lipinski definition) is 0. The van der Waals surface area contributed by atoms with Gasteiger partial charge in [0.25, 0.3) is 5.56 Å². The first-order chi connectivity index (χ1) is 19.4. The van der Waals surface area contributed by atoms with Crippen LogP contribution in [0.4, 0.5) is 0 Å². The van der Waals surface area contributed by atoms with E-state index in [2.05, 4.69) is 0 Å². The Morgan fingerprint density at radius 3 is 2.48 bits per heavy atom. The van der Waals surface area contributed by atoms with E-state index in [4.69, 9.17) is 19.2 Å². The normalized spacial score (nSPS) is 14.9. The van der Waals surface area contributed by atoms with E-state index in [0.717, 1.165) is 21.6 Å². The van der Waals surface area contributed by atoms with Crippen molar-refractivity contribution in [1.82, 2.24) is 4.57 Å². The van der Waals surface area contributed by atoms with Crippen LogP contribution in [0.2, 0.25) is 0 Å². The number of benzene rings is 3. The minimum Gasteiger partial charge on any atom is -0.497 e. The number of ether oxygens (including phenoxy) is 3. The molecule has 0 amide bonds. The molecule has 3 aromatic carbocycles. The molecule has 9 heteroatoms. The molecule has 0 N–H and O–H groups in total. The first-order valence-corrected chi connectivity index (χ1v) is 14.6. The fraction of sp³-hybridized carbons (Fsp3) is 0.194. The van der Waals surface area contributed by atoms with Gasteiger partial charge in [0.1, 0.15) is 18.1 Å². The highest BCUT2D eigenvalue weighted by Crippen LogP contribution is 2.32. The van der Waals surface area contributed by atoms with E-state index in [0.29, 0.717) is 32.1 Å². The van der Waals surface area contributed by atoms with Crippen LogP contribution in [-0.2, 0) is 16.1 Å². The smallest absolute Gasteiger partial charge is 0.338 e. The minimum absolute atomic E-state index is 0.121. The third-order valence-corrected chi connectivity index (χ3v) is 8.34. The van der Waals surface area contributed by atoms with Crippen LogP contribution in [0.3, 0.4) is 0 Å². The summed E-state index contributed by atoms with van der Waals surface area (Å²) in [5.74, 6) is 0.726. The van der Waals surface area contributed by atoms with Crippen molar-refractivity contribution in [2.45, 2.75) is 24.5 Å². The topological polar surface area (TPSA) is 79.1 Å². The van der Waals surface area contributed by atoms with Gasteiger partial charge in [-0.05, 0) is 54.6 Å². The molecule has 1 aromatic heterocycles. The Hall–Kier alpha value is -4.08. The molecular formula is C31H28N2O5S2. The van der Waals surface area contributed by atoms with Crippen molar-refractivity contribution >= 4 is 35.1 Å². The molecule has 1 atom stereocenters. The first kappa shape index (κ1) is 27.5. The Balaban J connectivity index is 1.62. The van der Waals surface area contributed by atoms with Crippen molar-refractivity contribution in [2.24, 2.45) is 4.99 Å². The molecule has 0 aliphatic carbocycles. The van der Waals surface area contributed by atoms with E-state index >= 15 is 0 Å². The number of esters is 1. The van der Waals surface area contributed by atoms with Gasteiger partial charge in [0.2, 0.25) is 0 Å². The van der Waals surface area contributed by atoms with Gasteiger partial charge in [-0.3, -0.25) is 9.36 Å². The first-order valence-electron chi connectivity index (χ1n) is 12.5. The Labute approximate surface area is 240 Å². The second-order valence-corrected chi connectivity index (χ2v) is 10.9. The van der Waals surface area contributed by atoms with E-state index in [-0.39, 0.29) is 12.2 Å². The van der Waals surface area contributed by atoms with Gasteiger partial charge in [0, 0.05) is 16.5 Å². The summed E-state index contributed by atoms with van der Waals surface area (Å²) in [6.45, 7) is 1.90. The number of thiazole rings is 1. The minimum atomic E-state index is -0.685. The van der Waals surface area contributed by atoms with Gasteiger partial charge in [-0.1, -0.05) is 53.8 Å². The lowest BCUT2D eigenvalue weighted by Gasteiger charge is -2.25. The average Bonchev–Trinajstić information content (AvgIpc) is 3.29. The highest BCUT2D eigenvalue weighted by atomic mass is 32.2. The standard InChI is InChI=1S/C31H28N2O5S2/c1-19-27(30(35)38-18-20-8-6-5-7-9-20)28(21-11-14-24(39-4)15-12-21)33-29(34)26(40-31(33)32-19)16-22-10-13-23(36-2)17-25(22)37-3/h5-17,28H,18H2,1-4H3. The monoisotopic (exact) mass is 572 g/mol. The van der Waals surface area contributed by atoms with Crippen LogP contribution in [-0.4, -0.2) is 31.0 Å².